The molecule has 1 unspecified atom stereocenters. The predicted molar refractivity (Wildman–Crippen MR) is 70.6 cm³/mol. The van der Waals surface area contributed by atoms with Crippen molar-refractivity contribution < 1.29 is 0 Å². The van der Waals surface area contributed by atoms with Gasteiger partial charge in [-0.15, -0.1) is 0 Å². The predicted octanol–water partition coefficient (Wildman–Crippen LogP) is 1.53. The first-order valence-corrected chi connectivity index (χ1v) is 6.81. The van der Waals surface area contributed by atoms with Gasteiger partial charge in [-0.2, -0.15) is 0 Å². The van der Waals surface area contributed by atoms with Gasteiger partial charge in [-0.25, -0.2) is 0 Å². The molecule has 1 aliphatic heterocycles. The number of rotatable bonds is 6. The van der Waals surface area contributed by atoms with Crippen LogP contribution in [0, 0.1) is 0 Å². The van der Waals surface area contributed by atoms with Crippen molar-refractivity contribution in [3.8, 4) is 0 Å². The van der Waals surface area contributed by atoms with E-state index in [9.17, 15) is 0 Å². The average molecular weight is 227 g/mol. The molecule has 96 valence electrons. The Morgan fingerprint density at radius 2 is 2.00 bits per heavy atom. The fourth-order valence-electron chi connectivity index (χ4n) is 2.33. The molecule has 1 atom stereocenters. The summed E-state index contributed by atoms with van der Waals surface area (Å²) in [5, 5.41) is 0. The number of hydrogen-bond donors (Lipinski definition) is 1. The van der Waals surface area contributed by atoms with Crippen molar-refractivity contribution in [2.45, 2.75) is 51.6 Å². The van der Waals surface area contributed by atoms with Gasteiger partial charge in [0.15, 0.2) is 0 Å². The third-order valence-corrected chi connectivity index (χ3v) is 3.86. The van der Waals surface area contributed by atoms with Gasteiger partial charge in [-0.05, 0) is 46.3 Å². The largest absolute Gasteiger partial charge is 0.328 e. The summed E-state index contributed by atoms with van der Waals surface area (Å²) in [5.74, 6) is 0. The Kier molecular flexibility index (Phi) is 6.32. The topological polar surface area (TPSA) is 32.5 Å². The first-order valence-electron chi connectivity index (χ1n) is 6.81. The van der Waals surface area contributed by atoms with Gasteiger partial charge in [0.25, 0.3) is 0 Å². The summed E-state index contributed by atoms with van der Waals surface area (Å²) in [6.45, 7) is 9.37. The maximum atomic E-state index is 5.90. The summed E-state index contributed by atoms with van der Waals surface area (Å²) >= 11 is 0. The number of piperidine rings is 1. The van der Waals surface area contributed by atoms with Crippen LogP contribution in [0.25, 0.3) is 0 Å². The number of likely N-dealkylation sites (N-methyl/N-ethyl adjacent to an activating group) is 1. The second-order valence-corrected chi connectivity index (χ2v) is 5.30. The normalized spacial score (nSPS) is 21.6. The van der Waals surface area contributed by atoms with Crippen LogP contribution in [0.4, 0.5) is 0 Å². The van der Waals surface area contributed by atoms with Gasteiger partial charge in [-0.3, -0.25) is 0 Å². The molecule has 0 spiro atoms. The van der Waals surface area contributed by atoms with E-state index >= 15 is 0 Å². The van der Waals surface area contributed by atoms with Crippen LogP contribution in [-0.2, 0) is 0 Å². The quantitative estimate of drug-likeness (QED) is 0.747. The molecule has 0 amide bonds. The molecule has 0 aromatic rings. The van der Waals surface area contributed by atoms with Crippen LogP contribution < -0.4 is 5.73 Å². The van der Waals surface area contributed by atoms with Crippen molar-refractivity contribution in [2.75, 3.05) is 33.2 Å². The Morgan fingerprint density at radius 3 is 2.56 bits per heavy atom. The molecule has 3 nitrogen and oxygen atoms in total. The molecular weight excluding hydrogens is 198 g/mol. The van der Waals surface area contributed by atoms with E-state index in [-0.39, 0.29) is 0 Å². The Balaban J connectivity index is 2.13. The molecule has 0 radical (unpaired) electrons. The third-order valence-electron chi connectivity index (χ3n) is 3.86. The molecule has 1 aliphatic rings. The monoisotopic (exact) mass is 227 g/mol. The van der Waals surface area contributed by atoms with Crippen molar-refractivity contribution in [1.29, 1.82) is 0 Å². The summed E-state index contributed by atoms with van der Waals surface area (Å²) in [7, 11) is 2.25. The highest BCUT2D eigenvalue weighted by Gasteiger charge is 2.16. The fourth-order valence-corrected chi connectivity index (χ4v) is 2.33. The standard InChI is InChI=1S/C13H29N3/c1-4-5-12(2)15(3)10-11-16-8-6-13(14)7-9-16/h12-13H,4-11,14H2,1-3H3. The van der Waals surface area contributed by atoms with Crippen molar-refractivity contribution in [3.63, 3.8) is 0 Å². The van der Waals surface area contributed by atoms with E-state index in [4.69, 9.17) is 5.73 Å². The molecule has 16 heavy (non-hydrogen) atoms. The minimum Gasteiger partial charge on any atom is -0.328 e. The van der Waals surface area contributed by atoms with Crippen LogP contribution in [0.2, 0.25) is 0 Å². The average Bonchev–Trinajstić information content (AvgIpc) is 2.28. The zero-order chi connectivity index (χ0) is 12.0. The molecule has 1 heterocycles. The van der Waals surface area contributed by atoms with Crippen LogP contribution >= 0.6 is 0 Å². The summed E-state index contributed by atoms with van der Waals surface area (Å²) < 4.78 is 0. The van der Waals surface area contributed by atoms with Crippen LogP contribution in [0.15, 0.2) is 0 Å². The Hall–Kier alpha value is -0.120. The lowest BCUT2D eigenvalue weighted by molar-refractivity contribution is 0.165. The molecule has 0 aromatic carbocycles. The highest BCUT2D eigenvalue weighted by atomic mass is 15.2. The van der Waals surface area contributed by atoms with Gasteiger partial charge in [0.2, 0.25) is 0 Å². The molecule has 2 N–H and O–H groups in total. The van der Waals surface area contributed by atoms with Gasteiger partial charge < -0.3 is 15.5 Å². The van der Waals surface area contributed by atoms with Crippen molar-refractivity contribution in [2.24, 2.45) is 5.73 Å². The zero-order valence-corrected chi connectivity index (χ0v) is 11.3. The van der Waals surface area contributed by atoms with E-state index < -0.39 is 0 Å². The molecule has 1 rings (SSSR count). The Morgan fingerprint density at radius 1 is 1.38 bits per heavy atom. The minimum atomic E-state index is 0.452. The number of hydrogen-bond acceptors (Lipinski definition) is 3. The second kappa shape index (κ2) is 7.25. The van der Waals surface area contributed by atoms with Crippen molar-refractivity contribution >= 4 is 0 Å². The second-order valence-electron chi connectivity index (χ2n) is 5.30. The van der Waals surface area contributed by atoms with E-state index in [2.05, 4.69) is 30.7 Å². The van der Waals surface area contributed by atoms with E-state index in [0.717, 1.165) is 6.04 Å². The molecule has 0 aliphatic carbocycles. The molecule has 0 bridgehead atoms. The lowest BCUT2D eigenvalue weighted by atomic mass is 10.1. The van der Waals surface area contributed by atoms with Crippen LogP contribution in [0.1, 0.15) is 39.5 Å². The summed E-state index contributed by atoms with van der Waals surface area (Å²) in [4.78, 5) is 5.04. The summed E-state index contributed by atoms with van der Waals surface area (Å²) in [6, 6.07) is 1.17. The lowest BCUT2D eigenvalue weighted by Gasteiger charge is -2.32. The van der Waals surface area contributed by atoms with E-state index in [1.54, 1.807) is 0 Å². The zero-order valence-electron chi connectivity index (χ0n) is 11.3. The highest BCUT2D eigenvalue weighted by Crippen LogP contribution is 2.09. The number of nitrogens with two attached hydrogens (primary N) is 1. The molecule has 1 fully saturated rings. The summed E-state index contributed by atoms with van der Waals surface area (Å²) in [6.07, 6.45) is 4.94. The molecule has 1 saturated heterocycles. The summed E-state index contributed by atoms with van der Waals surface area (Å²) in [5.41, 5.74) is 5.90. The Bertz CT molecular complexity index is 174. The third kappa shape index (κ3) is 4.81. The van der Waals surface area contributed by atoms with Gasteiger partial charge in [0.05, 0.1) is 0 Å². The Labute approximate surface area is 101 Å². The first-order chi connectivity index (χ1) is 7.63. The highest BCUT2D eigenvalue weighted by molar-refractivity contribution is 4.75. The lowest BCUT2D eigenvalue weighted by Crippen LogP contribution is -2.43. The van der Waals surface area contributed by atoms with E-state index in [1.165, 1.54) is 51.9 Å². The fraction of sp³-hybridized carbons (Fsp3) is 1.00. The van der Waals surface area contributed by atoms with Gasteiger partial charge in [0, 0.05) is 25.2 Å². The molecule has 0 saturated carbocycles. The smallest absolute Gasteiger partial charge is 0.0109 e. The molecule has 3 heteroatoms. The minimum absolute atomic E-state index is 0.452. The van der Waals surface area contributed by atoms with Crippen LogP contribution in [0.5, 0.6) is 0 Å². The van der Waals surface area contributed by atoms with Gasteiger partial charge in [0.1, 0.15) is 0 Å². The van der Waals surface area contributed by atoms with E-state index in [1.807, 2.05) is 0 Å². The number of likely N-dealkylation sites (tertiary alicyclic amines) is 1. The van der Waals surface area contributed by atoms with Crippen LogP contribution in [-0.4, -0.2) is 55.1 Å². The van der Waals surface area contributed by atoms with Crippen LogP contribution in [0.3, 0.4) is 0 Å². The maximum absolute atomic E-state index is 5.90. The van der Waals surface area contributed by atoms with Gasteiger partial charge in [-0.1, -0.05) is 13.3 Å². The molecule has 0 aromatic heterocycles. The molecular formula is C13H29N3. The first kappa shape index (κ1) is 13.9. The maximum Gasteiger partial charge on any atom is 0.0109 e. The van der Waals surface area contributed by atoms with Crippen molar-refractivity contribution in [3.05, 3.63) is 0 Å². The van der Waals surface area contributed by atoms with Gasteiger partial charge >= 0.3 is 0 Å². The SMILES string of the molecule is CCCC(C)N(C)CCN1CCC(N)CC1. The van der Waals surface area contributed by atoms with Crippen molar-refractivity contribution in [1.82, 2.24) is 9.80 Å². The number of nitrogens with zero attached hydrogens (tertiary/aromatic N) is 2. The van der Waals surface area contributed by atoms with E-state index in [0.29, 0.717) is 6.04 Å².